The van der Waals surface area contributed by atoms with Gasteiger partial charge in [-0.25, -0.2) is 8.42 Å². The number of nitrogens with zero attached hydrogens (tertiary/aromatic N) is 2. The van der Waals surface area contributed by atoms with Gasteiger partial charge in [0.2, 0.25) is 9.84 Å². The largest absolute Gasteiger partial charge is 0.416 e. The van der Waals surface area contributed by atoms with Crippen molar-refractivity contribution in [3.63, 3.8) is 0 Å². The second-order valence-corrected chi connectivity index (χ2v) is 8.80. The van der Waals surface area contributed by atoms with Gasteiger partial charge in [-0.3, -0.25) is 4.79 Å². The quantitative estimate of drug-likeness (QED) is 0.622. The molecule has 12 heteroatoms. The number of hydrogen-bond donors (Lipinski definition) is 1. The number of hydrogen-bond acceptors (Lipinski definition) is 6. The van der Waals surface area contributed by atoms with Crippen LogP contribution in [0.25, 0.3) is 0 Å². The van der Waals surface area contributed by atoms with Crippen molar-refractivity contribution in [2.45, 2.75) is 17.3 Å². The number of allylic oxidation sites excluding steroid dienone is 4. The fraction of sp³-hybridized carbons (Fsp3) is 0.118. The lowest BCUT2D eigenvalue weighted by atomic mass is 10.2. The van der Waals surface area contributed by atoms with Gasteiger partial charge >= 0.3 is 6.18 Å². The Labute approximate surface area is 173 Å². The van der Waals surface area contributed by atoms with Crippen LogP contribution < -0.4 is 5.32 Å². The first kappa shape index (κ1) is 22.8. The van der Waals surface area contributed by atoms with Gasteiger partial charge < -0.3 is 5.32 Å². The third-order valence-corrected chi connectivity index (χ3v) is 6.69. The summed E-state index contributed by atoms with van der Waals surface area (Å²) in [5, 5.41) is 6.09. The number of halogens is 4. The highest BCUT2D eigenvalue weighted by atomic mass is 35.5. The van der Waals surface area contributed by atoms with Gasteiger partial charge in [0.25, 0.3) is 5.91 Å². The third kappa shape index (κ3) is 5.52. The maximum atomic E-state index is 12.6. The molecule has 0 fully saturated rings. The molecule has 0 radical (unpaired) electrons. The van der Waals surface area contributed by atoms with Crippen molar-refractivity contribution < 1.29 is 26.4 Å². The van der Waals surface area contributed by atoms with Gasteiger partial charge in [0, 0.05) is 22.3 Å². The molecule has 0 aliphatic rings. The minimum atomic E-state index is -4.52. The summed E-state index contributed by atoms with van der Waals surface area (Å²) in [7, 11) is -4.18. The molecule has 6 nitrogen and oxygen atoms in total. The van der Waals surface area contributed by atoms with Gasteiger partial charge in [-0.05, 0) is 43.3 Å². The van der Waals surface area contributed by atoms with Crippen molar-refractivity contribution in [2.75, 3.05) is 5.32 Å². The van der Waals surface area contributed by atoms with Gasteiger partial charge in [-0.15, -0.1) is 5.10 Å². The molecule has 0 spiro atoms. The molecule has 154 valence electrons. The topological polar surface area (TPSA) is 89.0 Å². The first-order valence-electron chi connectivity index (χ1n) is 7.71. The van der Waals surface area contributed by atoms with Crippen LogP contribution in [0.15, 0.2) is 63.2 Å². The van der Waals surface area contributed by atoms with E-state index in [0.29, 0.717) is 11.5 Å². The average Bonchev–Trinajstić information content (AvgIpc) is 3.16. The molecule has 1 aromatic carbocycles. The zero-order chi connectivity index (χ0) is 21.8. The number of amides is 1. The van der Waals surface area contributed by atoms with Crippen LogP contribution in [-0.4, -0.2) is 23.9 Å². The molecule has 1 aromatic heterocycles. The van der Waals surface area contributed by atoms with Crippen molar-refractivity contribution in [3.8, 4) is 0 Å². The summed E-state index contributed by atoms with van der Waals surface area (Å²) in [4.78, 5) is 12.0. The summed E-state index contributed by atoms with van der Waals surface area (Å²) < 4.78 is 66.1. The molecule has 29 heavy (non-hydrogen) atoms. The van der Waals surface area contributed by atoms with E-state index in [2.05, 4.69) is 21.5 Å². The van der Waals surface area contributed by atoms with Crippen molar-refractivity contribution in [1.29, 1.82) is 0 Å². The molecule has 0 saturated carbocycles. The predicted molar refractivity (Wildman–Crippen MR) is 104 cm³/mol. The zero-order valence-electron chi connectivity index (χ0n) is 14.7. The summed E-state index contributed by atoms with van der Waals surface area (Å²) in [6.45, 7) is 5.11. The number of nitrogens with one attached hydrogen (secondary N) is 1. The molecule has 0 saturated heterocycles. The Bertz CT molecular complexity index is 1090. The van der Waals surface area contributed by atoms with Crippen LogP contribution in [0.5, 0.6) is 0 Å². The van der Waals surface area contributed by atoms with Gasteiger partial charge in [0.05, 0.1) is 10.5 Å². The molecule has 2 rings (SSSR count). The van der Waals surface area contributed by atoms with Crippen molar-refractivity contribution in [1.82, 2.24) is 9.59 Å². The maximum absolute atomic E-state index is 12.6. The fourth-order valence-electron chi connectivity index (χ4n) is 1.91. The van der Waals surface area contributed by atoms with Crippen molar-refractivity contribution in [2.24, 2.45) is 0 Å². The van der Waals surface area contributed by atoms with E-state index in [1.54, 1.807) is 6.92 Å². The van der Waals surface area contributed by atoms with Crippen LogP contribution >= 0.6 is 23.1 Å². The molecule has 2 aromatic rings. The number of sulfone groups is 1. The second kappa shape index (κ2) is 8.89. The molecule has 0 unspecified atom stereocenters. The van der Waals surface area contributed by atoms with E-state index >= 15 is 0 Å². The van der Waals surface area contributed by atoms with E-state index in [-0.39, 0.29) is 15.6 Å². The van der Waals surface area contributed by atoms with E-state index in [1.165, 1.54) is 12.2 Å². The van der Waals surface area contributed by atoms with E-state index < -0.39 is 37.4 Å². The van der Waals surface area contributed by atoms with Crippen LogP contribution in [0.2, 0.25) is 0 Å². The Morgan fingerprint density at radius 1 is 1.24 bits per heavy atom. The summed E-state index contributed by atoms with van der Waals surface area (Å²) in [6, 6.07) is 3.64. The molecular formula is C17H13ClF3N3O3S2. The third-order valence-electron chi connectivity index (χ3n) is 3.44. The molecule has 0 atom stereocenters. The van der Waals surface area contributed by atoms with Gasteiger partial charge in [0.15, 0.2) is 9.90 Å². The highest BCUT2D eigenvalue weighted by Gasteiger charge is 2.31. The molecule has 0 bridgehead atoms. The number of rotatable bonds is 6. The van der Waals surface area contributed by atoms with E-state index in [4.69, 9.17) is 11.6 Å². The van der Waals surface area contributed by atoms with Gasteiger partial charge in [0.1, 0.15) is 0 Å². The number of alkyl halides is 3. The van der Waals surface area contributed by atoms with E-state index in [1.807, 2.05) is 0 Å². The molecule has 0 aliphatic heterocycles. The normalized spacial score (nSPS) is 12.9. The molecule has 1 heterocycles. The summed E-state index contributed by atoms with van der Waals surface area (Å²) >= 11 is 6.25. The highest BCUT2D eigenvalue weighted by Crippen LogP contribution is 2.30. The maximum Gasteiger partial charge on any atom is 0.416 e. The number of benzene rings is 1. The minimum Gasteiger partial charge on any atom is -0.321 e. The first-order chi connectivity index (χ1) is 13.5. The standard InChI is InChI=1S/C17H13ClF3N3O3S2/c1-3-12(18)7-4-10(2)29(26,27)16-14(23-24-28-16)15(25)22-13-8-5-11(6-9-13)17(19,20)21/h3-9H,2H2,1H3,(H,22,25)/b7-4-,12-3+. The number of carbonyl (C=O) groups excluding carboxylic acids is 1. The van der Waals surface area contributed by atoms with Crippen LogP contribution in [0.4, 0.5) is 18.9 Å². The first-order valence-corrected chi connectivity index (χ1v) is 10.3. The lowest BCUT2D eigenvalue weighted by molar-refractivity contribution is -0.137. The summed E-state index contributed by atoms with van der Waals surface area (Å²) in [5.74, 6) is -0.944. The highest BCUT2D eigenvalue weighted by molar-refractivity contribution is 7.97. The average molecular weight is 464 g/mol. The molecular weight excluding hydrogens is 451 g/mol. The van der Waals surface area contributed by atoms with Crippen LogP contribution in [-0.2, 0) is 16.0 Å². The second-order valence-electron chi connectivity index (χ2n) is 5.41. The fourth-order valence-corrected chi connectivity index (χ4v) is 4.07. The molecule has 1 N–H and O–H groups in total. The van der Waals surface area contributed by atoms with Crippen LogP contribution in [0, 0.1) is 0 Å². The van der Waals surface area contributed by atoms with Crippen molar-refractivity contribution in [3.05, 3.63) is 70.3 Å². The summed E-state index contributed by atoms with van der Waals surface area (Å²) in [5.41, 5.74) is -1.36. The van der Waals surface area contributed by atoms with Crippen LogP contribution in [0.1, 0.15) is 23.0 Å². The van der Waals surface area contributed by atoms with Gasteiger partial charge in [-0.2, -0.15) is 13.2 Å². The Morgan fingerprint density at radius 2 is 1.86 bits per heavy atom. The Morgan fingerprint density at radius 3 is 2.41 bits per heavy atom. The lowest BCUT2D eigenvalue weighted by Crippen LogP contribution is -2.16. The molecule has 0 aliphatic carbocycles. The Hall–Kier alpha value is -2.50. The number of carbonyl (C=O) groups is 1. The number of aromatic nitrogens is 2. The Kier molecular flexibility index (Phi) is 6.98. The monoisotopic (exact) mass is 463 g/mol. The Balaban J connectivity index is 2.26. The van der Waals surface area contributed by atoms with E-state index in [0.717, 1.165) is 30.3 Å². The van der Waals surface area contributed by atoms with Crippen molar-refractivity contribution >= 4 is 44.6 Å². The SMILES string of the molecule is C=C(/C=C\C(Cl)=C/C)S(=O)(=O)c1snnc1C(=O)Nc1ccc(C(F)(F)F)cc1. The lowest BCUT2D eigenvalue weighted by Gasteiger charge is -2.08. The van der Waals surface area contributed by atoms with Gasteiger partial charge in [-0.1, -0.05) is 28.7 Å². The zero-order valence-corrected chi connectivity index (χ0v) is 17.1. The predicted octanol–water partition coefficient (Wildman–Crippen LogP) is 4.80. The summed E-state index contributed by atoms with van der Waals surface area (Å²) in [6.07, 6.45) is -0.506. The minimum absolute atomic E-state index is 0.0259. The van der Waals surface area contributed by atoms with Crippen LogP contribution in [0.3, 0.4) is 0 Å². The smallest absolute Gasteiger partial charge is 0.321 e. The molecule has 1 amide bonds. The number of anilines is 1. The van der Waals surface area contributed by atoms with E-state index in [9.17, 15) is 26.4 Å².